The van der Waals surface area contributed by atoms with Crippen LogP contribution in [0.5, 0.6) is 5.75 Å². The number of hydrogen-bond acceptors (Lipinski definition) is 2. The lowest BCUT2D eigenvalue weighted by Crippen LogP contribution is -2.21. The monoisotopic (exact) mass is 345 g/mol. The van der Waals surface area contributed by atoms with Crippen LogP contribution in [0.25, 0.3) is 0 Å². The van der Waals surface area contributed by atoms with Gasteiger partial charge in [-0.2, -0.15) is 0 Å². The predicted octanol–water partition coefficient (Wildman–Crippen LogP) is 4.93. The second kappa shape index (κ2) is 9.10. The van der Waals surface area contributed by atoms with Crippen molar-refractivity contribution in [2.75, 3.05) is 20.7 Å². The van der Waals surface area contributed by atoms with Crippen LogP contribution in [0.15, 0.2) is 48.5 Å². The van der Waals surface area contributed by atoms with Crippen molar-refractivity contribution in [1.29, 1.82) is 0 Å². The van der Waals surface area contributed by atoms with Crippen molar-refractivity contribution < 1.29 is 4.74 Å². The Labute approximate surface area is 152 Å². The number of nitrogens with one attached hydrogen (secondary N) is 1. The first-order valence-electron chi connectivity index (χ1n) is 8.68. The molecule has 0 heterocycles. The Morgan fingerprint density at radius 1 is 1.17 bits per heavy atom. The number of hydrogen-bond donors (Lipinski definition) is 1. The van der Waals surface area contributed by atoms with Gasteiger partial charge in [0.25, 0.3) is 0 Å². The standard InChI is InChI=1S/C21H27NO.ClH/c1-22-15-19(16-7-4-3-5-8-16)13-17-9-6-10-18-14-20(23-2)11-12-21(17)18;/h3-5,7-8,11-12,14,17,19,22H,6,9-10,13,15H2,1-2H3;1H. The van der Waals surface area contributed by atoms with Crippen LogP contribution in [-0.4, -0.2) is 20.7 Å². The number of benzene rings is 2. The van der Waals surface area contributed by atoms with Gasteiger partial charge in [0.2, 0.25) is 0 Å². The summed E-state index contributed by atoms with van der Waals surface area (Å²) in [5, 5.41) is 3.38. The van der Waals surface area contributed by atoms with Crippen molar-refractivity contribution in [3.63, 3.8) is 0 Å². The van der Waals surface area contributed by atoms with E-state index in [4.69, 9.17) is 4.74 Å². The molecule has 1 N–H and O–H groups in total. The molecule has 0 saturated heterocycles. The molecule has 2 unspecified atom stereocenters. The van der Waals surface area contributed by atoms with E-state index in [0.29, 0.717) is 11.8 Å². The van der Waals surface area contributed by atoms with Crippen LogP contribution < -0.4 is 10.1 Å². The van der Waals surface area contributed by atoms with Crippen LogP contribution in [0, 0.1) is 0 Å². The topological polar surface area (TPSA) is 21.3 Å². The number of rotatable bonds is 6. The van der Waals surface area contributed by atoms with Crippen molar-refractivity contribution in [2.45, 2.75) is 37.5 Å². The molecule has 0 bridgehead atoms. The molecule has 0 amide bonds. The highest BCUT2D eigenvalue weighted by atomic mass is 35.5. The third kappa shape index (κ3) is 4.31. The molecular formula is C21H28ClNO. The van der Waals surface area contributed by atoms with Crippen LogP contribution >= 0.6 is 12.4 Å². The first kappa shape index (κ1) is 18.8. The second-order valence-electron chi connectivity index (χ2n) is 6.55. The lowest BCUT2D eigenvalue weighted by Gasteiger charge is -2.29. The number of halogens is 1. The zero-order chi connectivity index (χ0) is 16.1. The quantitative estimate of drug-likeness (QED) is 0.801. The molecule has 0 fully saturated rings. The number of fused-ring (bicyclic) bond motifs is 1. The van der Waals surface area contributed by atoms with E-state index in [-0.39, 0.29) is 12.4 Å². The van der Waals surface area contributed by atoms with E-state index in [1.807, 2.05) is 0 Å². The van der Waals surface area contributed by atoms with Gasteiger partial charge in [-0.1, -0.05) is 36.4 Å². The van der Waals surface area contributed by atoms with Crippen LogP contribution in [0.1, 0.15) is 47.8 Å². The summed E-state index contributed by atoms with van der Waals surface area (Å²) in [6, 6.07) is 17.6. The summed E-state index contributed by atoms with van der Waals surface area (Å²) in [4.78, 5) is 0. The Morgan fingerprint density at radius 2 is 1.96 bits per heavy atom. The SMILES string of the molecule is CNCC(CC1CCCc2cc(OC)ccc21)c1ccccc1.Cl. The highest BCUT2D eigenvalue weighted by molar-refractivity contribution is 5.85. The first-order valence-corrected chi connectivity index (χ1v) is 8.68. The fraction of sp³-hybridized carbons (Fsp3) is 0.429. The van der Waals surface area contributed by atoms with Crippen LogP contribution in [0.3, 0.4) is 0 Å². The molecule has 24 heavy (non-hydrogen) atoms. The average molecular weight is 346 g/mol. The van der Waals surface area contributed by atoms with E-state index in [0.717, 1.165) is 12.3 Å². The van der Waals surface area contributed by atoms with Gasteiger partial charge in [0, 0.05) is 6.54 Å². The molecule has 3 heteroatoms. The molecule has 0 radical (unpaired) electrons. The van der Waals surface area contributed by atoms with Gasteiger partial charge in [0.1, 0.15) is 5.75 Å². The molecule has 0 aromatic heterocycles. The van der Waals surface area contributed by atoms with Crippen molar-refractivity contribution in [3.8, 4) is 5.75 Å². The van der Waals surface area contributed by atoms with Crippen molar-refractivity contribution in [1.82, 2.24) is 5.32 Å². The molecule has 1 aliphatic rings. The zero-order valence-electron chi connectivity index (χ0n) is 14.6. The van der Waals surface area contributed by atoms with Gasteiger partial charge in [-0.3, -0.25) is 0 Å². The van der Waals surface area contributed by atoms with E-state index in [1.54, 1.807) is 7.11 Å². The van der Waals surface area contributed by atoms with Crippen LogP contribution in [0.2, 0.25) is 0 Å². The Balaban J connectivity index is 0.00000208. The molecule has 0 spiro atoms. The smallest absolute Gasteiger partial charge is 0.119 e. The van der Waals surface area contributed by atoms with Crippen LogP contribution in [-0.2, 0) is 6.42 Å². The molecule has 0 aliphatic heterocycles. The van der Waals surface area contributed by atoms with E-state index < -0.39 is 0 Å². The minimum absolute atomic E-state index is 0. The van der Waals surface area contributed by atoms with Gasteiger partial charge < -0.3 is 10.1 Å². The molecular weight excluding hydrogens is 318 g/mol. The van der Waals surface area contributed by atoms with E-state index in [2.05, 4.69) is 60.9 Å². The van der Waals surface area contributed by atoms with Gasteiger partial charge in [-0.15, -0.1) is 12.4 Å². The summed E-state index contributed by atoms with van der Waals surface area (Å²) in [5.74, 6) is 2.21. The zero-order valence-corrected chi connectivity index (χ0v) is 15.4. The van der Waals surface area contributed by atoms with E-state index >= 15 is 0 Å². The predicted molar refractivity (Wildman–Crippen MR) is 104 cm³/mol. The summed E-state index contributed by atoms with van der Waals surface area (Å²) in [6.07, 6.45) is 4.98. The maximum Gasteiger partial charge on any atom is 0.119 e. The van der Waals surface area contributed by atoms with E-state index in [9.17, 15) is 0 Å². The Kier molecular flexibility index (Phi) is 7.14. The molecule has 2 nitrogen and oxygen atoms in total. The van der Waals surface area contributed by atoms with Gasteiger partial charge in [0.05, 0.1) is 7.11 Å². The van der Waals surface area contributed by atoms with Gasteiger partial charge in [-0.25, -0.2) is 0 Å². The van der Waals surface area contributed by atoms with E-state index in [1.165, 1.54) is 42.4 Å². The maximum absolute atomic E-state index is 5.39. The summed E-state index contributed by atoms with van der Waals surface area (Å²) in [5.41, 5.74) is 4.47. The van der Waals surface area contributed by atoms with Gasteiger partial charge in [-0.05, 0) is 73.4 Å². The number of likely N-dealkylation sites (N-methyl/N-ethyl adjacent to an activating group) is 1. The molecule has 2 aromatic rings. The number of methoxy groups -OCH3 is 1. The van der Waals surface area contributed by atoms with Crippen molar-refractivity contribution >= 4 is 12.4 Å². The van der Waals surface area contributed by atoms with Crippen molar-refractivity contribution in [2.24, 2.45) is 0 Å². The molecule has 130 valence electrons. The van der Waals surface area contributed by atoms with Gasteiger partial charge >= 0.3 is 0 Å². The molecule has 2 atom stereocenters. The third-order valence-electron chi connectivity index (χ3n) is 5.08. The number of aryl methyl sites for hydroxylation is 1. The first-order chi connectivity index (χ1) is 11.3. The van der Waals surface area contributed by atoms with Gasteiger partial charge in [0.15, 0.2) is 0 Å². The van der Waals surface area contributed by atoms with Crippen molar-refractivity contribution in [3.05, 3.63) is 65.2 Å². The highest BCUT2D eigenvalue weighted by Crippen LogP contribution is 2.39. The maximum atomic E-state index is 5.39. The fourth-order valence-electron chi connectivity index (χ4n) is 3.92. The summed E-state index contributed by atoms with van der Waals surface area (Å²) in [7, 11) is 3.80. The Morgan fingerprint density at radius 3 is 2.67 bits per heavy atom. The molecule has 3 rings (SSSR count). The number of ether oxygens (including phenoxy) is 1. The normalized spacial score (nSPS) is 17.5. The second-order valence-corrected chi connectivity index (χ2v) is 6.55. The minimum atomic E-state index is 0. The fourth-order valence-corrected chi connectivity index (χ4v) is 3.92. The summed E-state index contributed by atoms with van der Waals surface area (Å²) in [6.45, 7) is 1.03. The third-order valence-corrected chi connectivity index (χ3v) is 5.08. The summed E-state index contributed by atoms with van der Waals surface area (Å²) >= 11 is 0. The Bertz CT molecular complexity index is 629. The largest absolute Gasteiger partial charge is 0.497 e. The van der Waals surface area contributed by atoms with Crippen LogP contribution in [0.4, 0.5) is 0 Å². The molecule has 2 aromatic carbocycles. The minimum Gasteiger partial charge on any atom is -0.497 e. The lowest BCUT2D eigenvalue weighted by atomic mass is 9.76. The average Bonchev–Trinajstić information content (AvgIpc) is 2.61. The lowest BCUT2D eigenvalue weighted by molar-refractivity contribution is 0.411. The summed E-state index contributed by atoms with van der Waals surface area (Å²) < 4.78 is 5.39. The molecule has 0 saturated carbocycles. The Hall–Kier alpha value is -1.51. The highest BCUT2D eigenvalue weighted by Gasteiger charge is 2.24. The molecule has 1 aliphatic carbocycles.